The van der Waals surface area contributed by atoms with Gasteiger partial charge in [0.2, 0.25) is 5.91 Å². The van der Waals surface area contributed by atoms with Gasteiger partial charge in [0, 0.05) is 18.2 Å². The Morgan fingerprint density at radius 2 is 1.89 bits per heavy atom. The van der Waals surface area contributed by atoms with Crippen LogP contribution in [-0.2, 0) is 14.3 Å². The second-order valence-electron chi connectivity index (χ2n) is 4.59. The molecule has 0 aromatic rings. The van der Waals surface area contributed by atoms with E-state index < -0.39 is 0 Å². The molecule has 0 saturated carbocycles. The molecule has 0 fully saturated rings. The fraction of sp³-hybridized carbons (Fsp3) is 0.571. The maximum Gasteiger partial charge on any atom is 0.333 e. The van der Waals surface area contributed by atoms with Crippen molar-refractivity contribution in [3.05, 3.63) is 24.8 Å². The van der Waals surface area contributed by atoms with Crippen LogP contribution >= 0.6 is 0 Å². The van der Waals surface area contributed by atoms with Gasteiger partial charge < -0.3 is 15.0 Å². The molecule has 19 heavy (non-hydrogen) atoms. The molecule has 0 atom stereocenters. The smallest absolute Gasteiger partial charge is 0.333 e. The van der Waals surface area contributed by atoms with Crippen molar-refractivity contribution >= 4 is 11.9 Å². The first-order valence-corrected chi connectivity index (χ1v) is 6.11. The summed E-state index contributed by atoms with van der Waals surface area (Å²) in [5.74, 6) is -0.424. The van der Waals surface area contributed by atoms with Crippen molar-refractivity contribution in [1.82, 2.24) is 10.2 Å². The molecule has 0 spiro atoms. The second kappa shape index (κ2) is 11.5. The Morgan fingerprint density at radius 3 is 2.16 bits per heavy atom. The summed E-state index contributed by atoms with van der Waals surface area (Å²) >= 11 is 0. The van der Waals surface area contributed by atoms with Crippen molar-refractivity contribution in [2.75, 3.05) is 27.2 Å². The van der Waals surface area contributed by atoms with Gasteiger partial charge in [-0.15, -0.1) is 0 Å². The van der Waals surface area contributed by atoms with Gasteiger partial charge in [0.05, 0.1) is 0 Å². The summed E-state index contributed by atoms with van der Waals surface area (Å²) in [4.78, 5) is 23.1. The third-order valence-corrected chi connectivity index (χ3v) is 1.74. The molecular weight excluding hydrogens is 244 g/mol. The van der Waals surface area contributed by atoms with Gasteiger partial charge >= 0.3 is 5.97 Å². The van der Waals surface area contributed by atoms with E-state index in [0.717, 1.165) is 6.54 Å². The highest BCUT2D eigenvalue weighted by Gasteiger charge is 2.01. The van der Waals surface area contributed by atoms with E-state index in [0.29, 0.717) is 12.2 Å². The molecule has 0 bridgehead atoms. The minimum atomic E-state index is -0.313. The minimum absolute atomic E-state index is 0.111. The van der Waals surface area contributed by atoms with Gasteiger partial charge in [-0.3, -0.25) is 4.79 Å². The number of hydrogen-bond acceptors (Lipinski definition) is 4. The SMILES string of the molecule is C=C(C)C(=O)OCCN(C)C.C=CC(=O)NC(C)C. The van der Waals surface area contributed by atoms with Gasteiger partial charge in [-0.1, -0.05) is 13.2 Å². The molecule has 110 valence electrons. The Balaban J connectivity index is 0. The first kappa shape index (κ1) is 19.7. The highest BCUT2D eigenvalue weighted by Crippen LogP contribution is 1.91. The topological polar surface area (TPSA) is 58.6 Å². The first-order chi connectivity index (χ1) is 8.70. The predicted molar refractivity (Wildman–Crippen MR) is 77.8 cm³/mol. The van der Waals surface area contributed by atoms with Crippen LogP contribution in [0.1, 0.15) is 20.8 Å². The number of amides is 1. The van der Waals surface area contributed by atoms with Crippen LogP contribution in [0.15, 0.2) is 24.8 Å². The Kier molecular flexibility index (Phi) is 11.9. The van der Waals surface area contributed by atoms with Crippen LogP contribution in [0.4, 0.5) is 0 Å². The maximum absolute atomic E-state index is 10.8. The van der Waals surface area contributed by atoms with E-state index in [1.807, 2.05) is 32.8 Å². The molecule has 0 radical (unpaired) electrons. The van der Waals surface area contributed by atoms with Crippen molar-refractivity contribution in [2.24, 2.45) is 0 Å². The lowest BCUT2D eigenvalue weighted by Gasteiger charge is -2.09. The zero-order valence-corrected chi connectivity index (χ0v) is 12.7. The van der Waals surface area contributed by atoms with Gasteiger partial charge in [-0.05, 0) is 40.9 Å². The van der Waals surface area contributed by atoms with Gasteiger partial charge in [-0.2, -0.15) is 0 Å². The molecule has 0 rings (SSSR count). The van der Waals surface area contributed by atoms with Crippen LogP contribution < -0.4 is 5.32 Å². The number of likely N-dealkylation sites (N-methyl/N-ethyl adjacent to an activating group) is 1. The highest BCUT2D eigenvalue weighted by atomic mass is 16.5. The van der Waals surface area contributed by atoms with Gasteiger partial charge in [0.25, 0.3) is 0 Å². The molecule has 0 aliphatic carbocycles. The first-order valence-electron chi connectivity index (χ1n) is 6.11. The summed E-state index contributed by atoms with van der Waals surface area (Å²) in [6, 6.07) is 0.209. The van der Waals surface area contributed by atoms with Crippen molar-refractivity contribution in [1.29, 1.82) is 0 Å². The van der Waals surface area contributed by atoms with Crippen LogP contribution in [0.5, 0.6) is 0 Å². The van der Waals surface area contributed by atoms with Crippen molar-refractivity contribution in [3.8, 4) is 0 Å². The summed E-state index contributed by atoms with van der Waals surface area (Å²) in [6.07, 6.45) is 1.26. The molecule has 0 unspecified atom stereocenters. The zero-order valence-electron chi connectivity index (χ0n) is 12.7. The van der Waals surface area contributed by atoms with Crippen LogP contribution in [0.3, 0.4) is 0 Å². The van der Waals surface area contributed by atoms with Crippen LogP contribution in [-0.4, -0.2) is 50.1 Å². The molecular formula is C14H26N2O3. The van der Waals surface area contributed by atoms with Crippen molar-refractivity contribution < 1.29 is 14.3 Å². The molecule has 1 amide bonds. The molecule has 0 heterocycles. The van der Waals surface area contributed by atoms with E-state index in [4.69, 9.17) is 4.74 Å². The molecule has 0 aromatic carbocycles. The Bertz CT molecular complexity index is 310. The summed E-state index contributed by atoms with van der Waals surface area (Å²) in [5.41, 5.74) is 0.448. The monoisotopic (exact) mass is 270 g/mol. The summed E-state index contributed by atoms with van der Waals surface area (Å²) < 4.78 is 4.83. The number of rotatable bonds is 6. The molecule has 0 aliphatic rings. The lowest BCUT2D eigenvalue weighted by Crippen LogP contribution is -2.27. The molecule has 0 aliphatic heterocycles. The average molecular weight is 270 g/mol. The number of carbonyl (C=O) groups excluding carboxylic acids is 2. The number of ether oxygens (including phenoxy) is 1. The largest absolute Gasteiger partial charge is 0.461 e. The lowest BCUT2D eigenvalue weighted by atomic mass is 10.4. The van der Waals surface area contributed by atoms with E-state index >= 15 is 0 Å². The van der Waals surface area contributed by atoms with Gasteiger partial charge in [0.15, 0.2) is 0 Å². The molecule has 1 N–H and O–H groups in total. The number of hydrogen-bond donors (Lipinski definition) is 1. The fourth-order valence-electron chi connectivity index (χ4n) is 0.788. The quantitative estimate of drug-likeness (QED) is 0.585. The van der Waals surface area contributed by atoms with Crippen molar-refractivity contribution in [3.63, 3.8) is 0 Å². The Labute approximate surface area is 116 Å². The number of nitrogens with zero attached hydrogens (tertiary/aromatic N) is 1. The van der Waals surface area contributed by atoms with E-state index in [-0.39, 0.29) is 17.9 Å². The summed E-state index contributed by atoms with van der Waals surface area (Å²) in [5, 5.41) is 2.64. The minimum Gasteiger partial charge on any atom is -0.461 e. The highest BCUT2D eigenvalue weighted by molar-refractivity contribution is 5.87. The second-order valence-corrected chi connectivity index (χ2v) is 4.59. The van der Waals surface area contributed by atoms with E-state index in [2.05, 4.69) is 18.5 Å². The number of nitrogens with one attached hydrogen (secondary N) is 1. The summed E-state index contributed by atoms with van der Waals surface area (Å²) in [7, 11) is 3.85. The van der Waals surface area contributed by atoms with Crippen LogP contribution in [0.2, 0.25) is 0 Å². The fourth-order valence-corrected chi connectivity index (χ4v) is 0.788. The van der Waals surface area contributed by atoms with Crippen molar-refractivity contribution in [2.45, 2.75) is 26.8 Å². The number of carbonyl (C=O) groups is 2. The Hall–Kier alpha value is -1.62. The zero-order chi connectivity index (χ0) is 15.4. The average Bonchev–Trinajstić information content (AvgIpc) is 2.28. The molecule has 5 heteroatoms. The normalized spacial score (nSPS) is 9.42. The van der Waals surface area contributed by atoms with E-state index in [9.17, 15) is 9.59 Å². The van der Waals surface area contributed by atoms with E-state index in [1.165, 1.54) is 6.08 Å². The molecule has 0 saturated heterocycles. The molecule has 5 nitrogen and oxygen atoms in total. The van der Waals surface area contributed by atoms with Gasteiger partial charge in [0.1, 0.15) is 6.61 Å². The third-order valence-electron chi connectivity index (χ3n) is 1.74. The lowest BCUT2D eigenvalue weighted by molar-refractivity contribution is -0.139. The molecule has 0 aromatic heterocycles. The summed E-state index contributed by atoms with van der Waals surface area (Å²) in [6.45, 7) is 13.4. The Morgan fingerprint density at radius 1 is 1.37 bits per heavy atom. The third kappa shape index (κ3) is 16.4. The number of esters is 1. The van der Waals surface area contributed by atoms with E-state index in [1.54, 1.807) is 6.92 Å². The maximum atomic E-state index is 10.8. The standard InChI is InChI=1S/C8H15NO2.C6H11NO/c1-7(2)8(10)11-6-5-9(3)4;1-4-6(8)7-5(2)3/h1,5-6H2,2-4H3;4-5H,1H2,2-3H3,(H,7,8). The van der Waals surface area contributed by atoms with Crippen LogP contribution in [0.25, 0.3) is 0 Å². The van der Waals surface area contributed by atoms with Crippen LogP contribution in [0, 0.1) is 0 Å². The predicted octanol–water partition coefficient (Wildman–Crippen LogP) is 1.36. The van der Waals surface area contributed by atoms with Gasteiger partial charge in [-0.25, -0.2) is 4.79 Å².